The van der Waals surface area contributed by atoms with Crippen molar-refractivity contribution in [1.82, 2.24) is 0 Å². The normalized spacial score (nSPS) is 54.1. The van der Waals surface area contributed by atoms with Crippen LogP contribution in [0.1, 0.15) is 120 Å². The van der Waals surface area contributed by atoms with E-state index >= 15 is 0 Å². The molecule has 296 valence electrons. The molecule has 2 saturated heterocycles. The molecule has 2 heterocycles. The van der Waals surface area contributed by atoms with Crippen LogP contribution in [-0.2, 0) is 23.7 Å². The van der Waals surface area contributed by atoms with E-state index in [1.807, 2.05) is 0 Å². The molecule has 0 bridgehead atoms. The molecule has 0 aromatic heterocycles. The van der Waals surface area contributed by atoms with Gasteiger partial charge in [-0.05, 0) is 116 Å². The van der Waals surface area contributed by atoms with Gasteiger partial charge in [0.05, 0.1) is 24.2 Å². The number of hydrogen-bond donors (Lipinski definition) is 6. The summed E-state index contributed by atoms with van der Waals surface area (Å²) in [4.78, 5) is 13.0. The molecule has 6 N–H and O–H groups in total. The minimum absolute atomic E-state index is 0.0146. The molecule has 7 aliphatic rings. The maximum absolute atomic E-state index is 13.0. The molecular weight excluding hydrogens is 668 g/mol. The van der Waals surface area contributed by atoms with E-state index in [9.17, 15) is 35.4 Å². The number of carbonyl (C=O) groups is 1. The zero-order valence-corrected chi connectivity index (χ0v) is 32.6. The molecule has 11 heteroatoms. The lowest BCUT2D eigenvalue weighted by Gasteiger charge is -2.71. The fraction of sp³-hybridized carbons (Fsp3) is 0.927. The molecule has 1 unspecified atom stereocenters. The number of aliphatic hydroxyl groups excluding tert-OH is 5. The molecule has 17 atom stereocenters. The van der Waals surface area contributed by atoms with Crippen molar-refractivity contribution in [3.63, 3.8) is 0 Å². The third kappa shape index (κ3) is 5.64. The molecule has 4 saturated carbocycles. The van der Waals surface area contributed by atoms with Gasteiger partial charge in [0.25, 0.3) is 0 Å². The van der Waals surface area contributed by atoms with Gasteiger partial charge in [-0.2, -0.15) is 0 Å². The SMILES string of the molecule is C[C@@H]1O[C@@H](O[C@H]2[C@H](O[C@H]3CC[C@@]4(C)C(CC[C@]5(C)[C@@H]4CC=C4[C@H]6CC(C)(C)CC[C@]6(C(=O)O)CC[C@]45C)C3(C)C)OC[C@H](O)[C@@H]2O)[C@H](O)[C@H](O)[C@H]1O. The summed E-state index contributed by atoms with van der Waals surface area (Å²) in [6, 6.07) is 0. The Hall–Kier alpha value is -1.15. The zero-order valence-electron chi connectivity index (χ0n) is 32.6. The van der Waals surface area contributed by atoms with Crippen LogP contribution in [0, 0.1) is 50.2 Å². The van der Waals surface area contributed by atoms with Gasteiger partial charge in [0.2, 0.25) is 0 Å². The van der Waals surface area contributed by atoms with Gasteiger partial charge in [-0.15, -0.1) is 0 Å². The second-order valence-electron chi connectivity index (χ2n) is 20.2. The minimum atomic E-state index is -1.58. The van der Waals surface area contributed by atoms with Crippen LogP contribution in [-0.4, -0.2) is 105 Å². The molecule has 0 amide bonds. The average Bonchev–Trinajstić information content (AvgIpc) is 3.06. The monoisotopic (exact) mass is 734 g/mol. The van der Waals surface area contributed by atoms with Gasteiger partial charge in [0.1, 0.15) is 36.6 Å². The van der Waals surface area contributed by atoms with Crippen LogP contribution in [0.3, 0.4) is 0 Å². The second-order valence-corrected chi connectivity index (χ2v) is 20.2. The molecule has 0 aromatic rings. The lowest BCUT2D eigenvalue weighted by molar-refractivity contribution is -0.364. The summed E-state index contributed by atoms with van der Waals surface area (Å²) < 4.78 is 24.5. The number of ether oxygens (including phenoxy) is 4. The first-order valence-corrected chi connectivity index (χ1v) is 20.1. The average molecular weight is 735 g/mol. The molecule has 0 spiro atoms. The first-order chi connectivity index (χ1) is 24.1. The standard InChI is InChI=1S/C41H66O11/c1-21-28(43)30(45)31(46)33(50-21)52-32-29(44)24(42)20-49-34(32)51-27-12-13-38(6)25(37(27,4)5)11-14-40(8)26(38)10-9-22-23-19-36(2,3)15-17-41(23,35(47)48)18-16-39(22,40)7/h9,21,23-34,42-46H,10-20H2,1-8H3,(H,47,48)/t21-,23+,24-,25?,26+,27-,28-,29-,30+,31+,32+,33-,34-,38-,39+,40+,41-/m0/s1. The van der Waals surface area contributed by atoms with Crippen LogP contribution in [0.2, 0.25) is 0 Å². The Morgan fingerprint density at radius 3 is 2.17 bits per heavy atom. The lowest BCUT2D eigenvalue weighted by Crippen LogP contribution is -2.66. The number of aliphatic carboxylic acids is 1. The summed E-state index contributed by atoms with van der Waals surface area (Å²) in [7, 11) is 0. The summed E-state index contributed by atoms with van der Waals surface area (Å²) >= 11 is 0. The molecule has 0 aromatic carbocycles. The fourth-order valence-electron chi connectivity index (χ4n) is 13.3. The smallest absolute Gasteiger partial charge is 0.310 e. The van der Waals surface area contributed by atoms with E-state index in [0.717, 1.165) is 64.2 Å². The van der Waals surface area contributed by atoms with Crippen LogP contribution >= 0.6 is 0 Å². The van der Waals surface area contributed by atoms with Gasteiger partial charge in [-0.25, -0.2) is 0 Å². The maximum Gasteiger partial charge on any atom is 0.310 e. The predicted octanol–water partition coefficient (Wildman–Crippen LogP) is 4.55. The minimum Gasteiger partial charge on any atom is -0.481 e. The molecule has 52 heavy (non-hydrogen) atoms. The fourth-order valence-corrected chi connectivity index (χ4v) is 13.3. The van der Waals surface area contributed by atoms with Gasteiger partial charge >= 0.3 is 5.97 Å². The number of fused-ring (bicyclic) bond motifs is 7. The van der Waals surface area contributed by atoms with Gasteiger partial charge in [0.15, 0.2) is 12.6 Å². The molecule has 2 aliphatic heterocycles. The van der Waals surface area contributed by atoms with Crippen molar-refractivity contribution in [2.24, 2.45) is 50.2 Å². The molecule has 7 rings (SSSR count). The van der Waals surface area contributed by atoms with Crippen LogP contribution in [0.25, 0.3) is 0 Å². The second kappa shape index (κ2) is 12.9. The highest BCUT2D eigenvalue weighted by Crippen LogP contribution is 2.76. The summed E-state index contributed by atoms with van der Waals surface area (Å²) in [5.41, 5.74) is 0.579. The topological polar surface area (TPSA) is 175 Å². The Bertz CT molecular complexity index is 1410. The van der Waals surface area contributed by atoms with E-state index in [0.29, 0.717) is 11.8 Å². The van der Waals surface area contributed by atoms with E-state index < -0.39 is 66.7 Å². The van der Waals surface area contributed by atoms with E-state index in [1.54, 1.807) is 6.92 Å². The Morgan fingerprint density at radius 1 is 0.788 bits per heavy atom. The molecule has 5 aliphatic carbocycles. The zero-order chi connectivity index (χ0) is 38.0. The Balaban J connectivity index is 1.13. The van der Waals surface area contributed by atoms with E-state index in [1.165, 1.54) is 5.57 Å². The van der Waals surface area contributed by atoms with Crippen molar-refractivity contribution in [3.05, 3.63) is 11.6 Å². The highest BCUT2D eigenvalue weighted by Gasteiger charge is 2.69. The maximum atomic E-state index is 13.0. The lowest BCUT2D eigenvalue weighted by atomic mass is 9.33. The number of rotatable bonds is 5. The van der Waals surface area contributed by atoms with Gasteiger partial charge in [0, 0.05) is 0 Å². The van der Waals surface area contributed by atoms with Gasteiger partial charge in [-0.3, -0.25) is 4.79 Å². The number of allylic oxidation sites excluding steroid dienone is 2. The highest BCUT2D eigenvalue weighted by molar-refractivity contribution is 5.76. The molecule has 11 nitrogen and oxygen atoms in total. The molecule has 0 radical (unpaired) electrons. The third-order valence-electron chi connectivity index (χ3n) is 16.8. The highest BCUT2D eigenvalue weighted by atomic mass is 16.8. The summed E-state index contributed by atoms with van der Waals surface area (Å²) in [5, 5.41) is 63.6. The number of aliphatic hydroxyl groups is 5. The van der Waals surface area contributed by atoms with E-state index in [4.69, 9.17) is 18.9 Å². The number of hydrogen-bond acceptors (Lipinski definition) is 10. The van der Waals surface area contributed by atoms with Crippen LogP contribution < -0.4 is 0 Å². The number of carboxylic acids is 1. The van der Waals surface area contributed by atoms with Crippen LogP contribution in [0.5, 0.6) is 0 Å². The first-order valence-electron chi connectivity index (χ1n) is 20.1. The van der Waals surface area contributed by atoms with Crippen molar-refractivity contribution < 1.29 is 54.4 Å². The van der Waals surface area contributed by atoms with E-state index in [2.05, 4.69) is 54.5 Å². The number of carboxylic acid groups (broad SMARTS) is 1. The van der Waals surface area contributed by atoms with Gasteiger partial charge in [-0.1, -0.05) is 60.1 Å². The van der Waals surface area contributed by atoms with Crippen LogP contribution in [0.15, 0.2) is 11.6 Å². The van der Waals surface area contributed by atoms with Crippen LogP contribution in [0.4, 0.5) is 0 Å². The Labute approximate surface area is 309 Å². The third-order valence-corrected chi connectivity index (χ3v) is 16.8. The summed E-state index contributed by atoms with van der Waals surface area (Å²) in [6.07, 6.45) is -0.253. The molecular formula is C41H66O11. The Morgan fingerprint density at radius 2 is 1.48 bits per heavy atom. The summed E-state index contributed by atoms with van der Waals surface area (Å²) in [6.45, 7) is 18.1. The van der Waals surface area contributed by atoms with Crippen molar-refractivity contribution in [3.8, 4) is 0 Å². The first kappa shape index (κ1) is 39.1. The van der Waals surface area contributed by atoms with Crippen molar-refractivity contribution in [2.75, 3.05) is 6.61 Å². The van der Waals surface area contributed by atoms with Crippen molar-refractivity contribution in [2.45, 2.75) is 181 Å². The van der Waals surface area contributed by atoms with Gasteiger partial charge < -0.3 is 49.6 Å². The largest absolute Gasteiger partial charge is 0.481 e. The van der Waals surface area contributed by atoms with Crippen molar-refractivity contribution >= 4 is 5.97 Å². The van der Waals surface area contributed by atoms with E-state index in [-0.39, 0.29) is 45.7 Å². The Kier molecular flexibility index (Phi) is 9.74. The quantitative estimate of drug-likeness (QED) is 0.173. The molecule has 6 fully saturated rings. The predicted molar refractivity (Wildman–Crippen MR) is 191 cm³/mol. The summed E-state index contributed by atoms with van der Waals surface area (Å²) in [5.74, 6) is 0.219. The van der Waals surface area contributed by atoms with Crippen molar-refractivity contribution in [1.29, 1.82) is 0 Å².